The van der Waals surface area contributed by atoms with Gasteiger partial charge in [-0.2, -0.15) is 0 Å². The van der Waals surface area contributed by atoms with E-state index in [0.717, 1.165) is 17.0 Å². The number of hydrogen-bond donors (Lipinski definition) is 0. The molecule has 0 saturated heterocycles. The molecular weight excluding hydrogens is 303 g/mol. The molecule has 3 rings (SSSR count). The van der Waals surface area contributed by atoms with Crippen molar-refractivity contribution in [1.82, 2.24) is 9.19 Å². The number of aromatic nitrogens is 2. The van der Waals surface area contributed by atoms with Crippen LogP contribution < -0.4 is 4.74 Å². The van der Waals surface area contributed by atoms with Crippen molar-refractivity contribution in [3.63, 3.8) is 0 Å². The number of benzene rings is 2. The topological polar surface area (TPSA) is 35.0 Å². The molecule has 2 aromatic carbocycles. The fourth-order valence-electron chi connectivity index (χ4n) is 1.91. The van der Waals surface area contributed by atoms with Crippen molar-refractivity contribution in [2.45, 2.75) is 0 Å². The number of hydrogen-bond acceptors (Lipinski definition) is 3. The maximum atomic E-state index is 5.19. The Labute approximate surface area is 117 Å². The first kappa shape index (κ1) is 12.1. The molecule has 1 heterocycles. The van der Waals surface area contributed by atoms with Crippen LogP contribution in [0.1, 0.15) is 0 Å². The van der Waals surface area contributed by atoms with Gasteiger partial charge in [-0.1, -0.05) is 0 Å². The van der Waals surface area contributed by atoms with E-state index in [9.17, 15) is 0 Å². The van der Waals surface area contributed by atoms with Gasteiger partial charge in [0.2, 0.25) is 0 Å². The number of rotatable bonds is 3. The second-order valence-corrected chi connectivity index (χ2v) is 5.63. The van der Waals surface area contributed by atoms with E-state index in [-0.39, 0.29) is 14.7 Å². The van der Waals surface area contributed by atoms with Crippen LogP contribution in [0.2, 0.25) is 0 Å². The molecule has 0 N–H and O–H groups in total. The van der Waals surface area contributed by atoms with Gasteiger partial charge >= 0.3 is 117 Å². The Hall–Kier alpha value is -1.90. The standard InChI is InChI=1S/C15H12N2OSe/c1-18-13-9-7-12(8-10-13)15-14(16-17-19-15)11-5-3-2-4-6-11/h2-10H,1H3. The van der Waals surface area contributed by atoms with Crippen LogP contribution in [-0.2, 0) is 0 Å². The summed E-state index contributed by atoms with van der Waals surface area (Å²) in [4.78, 5) is 0. The van der Waals surface area contributed by atoms with Crippen LogP contribution in [0.5, 0.6) is 5.75 Å². The summed E-state index contributed by atoms with van der Waals surface area (Å²) in [6.07, 6.45) is 0. The summed E-state index contributed by atoms with van der Waals surface area (Å²) in [6, 6.07) is 18.3. The molecule has 0 amide bonds. The van der Waals surface area contributed by atoms with E-state index in [1.165, 1.54) is 10.0 Å². The van der Waals surface area contributed by atoms with Crippen molar-refractivity contribution < 1.29 is 4.74 Å². The Kier molecular flexibility index (Phi) is 3.45. The van der Waals surface area contributed by atoms with Gasteiger partial charge in [0.25, 0.3) is 0 Å². The Morgan fingerprint density at radius 2 is 1.63 bits per heavy atom. The van der Waals surface area contributed by atoms with E-state index < -0.39 is 0 Å². The summed E-state index contributed by atoms with van der Waals surface area (Å²) in [5, 5.41) is 4.31. The third-order valence-corrected chi connectivity index (χ3v) is 4.51. The van der Waals surface area contributed by atoms with Crippen LogP contribution in [0.4, 0.5) is 0 Å². The van der Waals surface area contributed by atoms with Crippen molar-refractivity contribution in [1.29, 1.82) is 0 Å². The Bertz CT molecular complexity index is 662. The SMILES string of the molecule is COc1ccc(-c2[se]nnc2-c2ccccc2)cc1. The Morgan fingerprint density at radius 3 is 2.32 bits per heavy atom. The Balaban J connectivity index is 2.04. The number of nitrogens with zero attached hydrogens (tertiary/aromatic N) is 2. The number of methoxy groups -OCH3 is 1. The van der Waals surface area contributed by atoms with Crippen molar-refractivity contribution in [2.75, 3.05) is 7.11 Å². The summed E-state index contributed by atoms with van der Waals surface area (Å²) < 4.78 is 10.6. The predicted octanol–water partition coefficient (Wildman–Crippen LogP) is 2.88. The van der Waals surface area contributed by atoms with Gasteiger partial charge in [0.15, 0.2) is 0 Å². The summed E-state index contributed by atoms with van der Waals surface area (Å²) in [7, 11) is 1.67. The van der Waals surface area contributed by atoms with E-state index in [1.54, 1.807) is 7.11 Å². The van der Waals surface area contributed by atoms with Gasteiger partial charge in [-0.3, -0.25) is 0 Å². The van der Waals surface area contributed by atoms with Crippen LogP contribution >= 0.6 is 0 Å². The fourth-order valence-corrected chi connectivity index (χ4v) is 3.36. The van der Waals surface area contributed by atoms with Gasteiger partial charge in [-0.25, -0.2) is 0 Å². The van der Waals surface area contributed by atoms with Crippen LogP contribution in [0.3, 0.4) is 0 Å². The molecule has 1 aromatic heterocycles. The molecule has 0 unspecified atom stereocenters. The molecule has 0 aliphatic carbocycles. The fraction of sp³-hybridized carbons (Fsp3) is 0.0667. The van der Waals surface area contributed by atoms with Crippen LogP contribution in [0.15, 0.2) is 54.6 Å². The summed E-state index contributed by atoms with van der Waals surface area (Å²) in [5.74, 6) is 0.866. The molecular formula is C15H12N2OSe. The van der Waals surface area contributed by atoms with Gasteiger partial charge in [-0.05, 0) is 0 Å². The van der Waals surface area contributed by atoms with E-state index in [0.29, 0.717) is 0 Å². The minimum atomic E-state index is 0.0553. The molecule has 0 atom stereocenters. The van der Waals surface area contributed by atoms with Gasteiger partial charge < -0.3 is 0 Å². The summed E-state index contributed by atoms with van der Waals surface area (Å²) in [6.45, 7) is 0. The van der Waals surface area contributed by atoms with E-state index in [1.807, 2.05) is 30.3 Å². The first-order chi connectivity index (χ1) is 9.38. The van der Waals surface area contributed by atoms with Crippen molar-refractivity contribution in [3.8, 4) is 27.0 Å². The molecule has 0 aliphatic heterocycles. The first-order valence-electron chi connectivity index (χ1n) is 5.90. The van der Waals surface area contributed by atoms with Crippen molar-refractivity contribution in [2.24, 2.45) is 0 Å². The molecule has 0 fully saturated rings. The average molecular weight is 315 g/mol. The maximum absolute atomic E-state index is 5.19. The zero-order valence-electron chi connectivity index (χ0n) is 10.4. The van der Waals surface area contributed by atoms with Gasteiger partial charge in [-0.15, -0.1) is 0 Å². The van der Waals surface area contributed by atoms with Gasteiger partial charge in [0.05, 0.1) is 0 Å². The quantitative estimate of drug-likeness (QED) is 0.697. The van der Waals surface area contributed by atoms with E-state index in [2.05, 4.69) is 33.5 Å². The van der Waals surface area contributed by atoms with E-state index >= 15 is 0 Å². The molecule has 3 aromatic rings. The minimum absolute atomic E-state index is 0.0553. The monoisotopic (exact) mass is 316 g/mol. The molecule has 19 heavy (non-hydrogen) atoms. The molecule has 4 heteroatoms. The van der Waals surface area contributed by atoms with Gasteiger partial charge in [0.1, 0.15) is 0 Å². The second-order valence-electron chi connectivity index (χ2n) is 4.05. The van der Waals surface area contributed by atoms with Crippen molar-refractivity contribution in [3.05, 3.63) is 54.6 Å². The average Bonchev–Trinajstić information content (AvgIpc) is 2.98. The molecule has 0 radical (unpaired) electrons. The third kappa shape index (κ3) is 2.46. The zero-order chi connectivity index (χ0) is 13.1. The third-order valence-electron chi connectivity index (χ3n) is 2.89. The molecule has 3 nitrogen and oxygen atoms in total. The molecule has 0 spiro atoms. The molecule has 0 saturated carbocycles. The molecule has 0 bridgehead atoms. The van der Waals surface area contributed by atoms with E-state index in [4.69, 9.17) is 4.74 Å². The second kappa shape index (κ2) is 5.39. The zero-order valence-corrected chi connectivity index (χ0v) is 12.1. The summed E-state index contributed by atoms with van der Waals surface area (Å²) >= 11 is 0.0553. The molecule has 94 valence electrons. The molecule has 0 aliphatic rings. The van der Waals surface area contributed by atoms with Crippen LogP contribution in [0, 0.1) is 0 Å². The first-order valence-corrected chi connectivity index (χ1v) is 7.53. The van der Waals surface area contributed by atoms with Crippen molar-refractivity contribution >= 4 is 14.7 Å². The predicted molar refractivity (Wildman–Crippen MR) is 76.4 cm³/mol. The van der Waals surface area contributed by atoms with Crippen LogP contribution in [-0.4, -0.2) is 31.0 Å². The normalized spacial score (nSPS) is 10.4. The van der Waals surface area contributed by atoms with Crippen LogP contribution in [0.25, 0.3) is 21.3 Å². The van der Waals surface area contributed by atoms with Gasteiger partial charge in [0, 0.05) is 0 Å². The summed E-state index contributed by atoms with van der Waals surface area (Å²) in [5.41, 5.74) is 3.28. The Morgan fingerprint density at radius 1 is 0.895 bits per heavy atom. The number of ether oxygens (including phenoxy) is 1.